The standard InChI is InChI=1S/C17H23N5O/c1-22-9-3-6-15(22)7-8-19-17(23)21-14-5-2-4-13(10-14)16-11-18-12-20-16/h2,4-5,10-12,15H,3,6-9H2,1H3,(H,18,20)(H2,19,21,23)/t15-/m1/s1. The predicted molar refractivity (Wildman–Crippen MR) is 91.3 cm³/mol. The van der Waals surface area contributed by atoms with E-state index in [1.807, 2.05) is 24.3 Å². The number of benzene rings is 1. The summed E-state index contributed by atoms with van der Waals surface area (Å²) in [5.74, 6) is 0. The second kappa shape index (κ2) is 7.28. The summed E-state index contributed by atoms with van der Waals surface area (Å²) in [6.07, 6.45) is 6.89. The average Bonchev–Trinajstić information content (AvgIpc) is 3.20. The van der Waals surface area contributed by atoms with Gasteiger partial charge in [0.2, 0.25) is 0 Å². The lowest BCUT2D eigenvalue weighted by atomic mass is 10.1. The Hall–Kier alpha value is -2.34. The van der Waals surface area contributed by atoms with Crippen LogP contribution in [0.4, 0.5) is 10.5 Å². The van der Waals surface area contributed by atoms with Crippen LogP contribution < -0.4 is 10.6 Å². The maximum absolute atomic E-state index is 12.0. The van der Waals surface area contributed by atoms with Crippen LogP contribution in [0, 0.1) is 0 Å². The molecule has 0 spiro atoms. The molecule has 1 aromatic carbocycles. The van der Waals surface area contributed by atoms with Crippen molar-refractivity contribution in [3.63, 3.8) is 0 Å². The van der Waals surface area contributed by atoms with Gasteiger partial charge in [0.05, 0.1) is 18.2 Å². The highest BCUT2D eigenvalue weighted by Gasteiger charge is 2.20. The Balaban J connectivity index is 1.49. The van der Waals surface area contributed by atoms with Gasteiger partial charge in [-0.05, 0) is 45.0 Å². The van der Waals surface area contributed by atoms with Gasteiger partial charge in [0.25, 0.3) is 0 Å². The van der Waals surface area contributed by atoms with Crippen molar-refractivity contribution < 1.29 is 4.79 Å². The molecule has 1 fully saturated rings. The summed E-state index contributed by atoms with van der Waals surface area (Å²) in [4.78, 5) is 21.5. The number of imidazole rings is 1. The van der Waals surface area contributed by atoms with Crippen LogP contribution in [0.15, 0.2) is 36.8 Å². The number of H-pyrrole nitrogens is 1. The number of carbonyl (C=O) groups excluding carboxylic acids is 1. The molecule has 1 aromatic heterocycles. The Morgan fingerprint density at radius 3 is 3.13 bits per heavy atom. The molecule has 0 radical (unpaired) electrons. The molecular formula is C17H23N5O. The number of aromatic nitrogens is 2. The quantitative estimate of drug-likeness (QED) is 0.794. The molecule has 2 heterocycles. The molecule has 2 aromatic rings. The van der Waals surface area contributed by atoms with E-state index < -0.39 is 0 Å². The number of aromatic amines is 1. The molecule has 1 aliphatic heterocycles. The molecule has 0 bridgehead atoms. The number of amides is 2. The predicted octanol–water partition coefficient (Wildman–Crippen LogP) is 2.68. The van der Waals surface area contributed by atoms with E-state index in [9.17, 15) is 4.79 Å². The summed E-state index contributed by atoms with van der Waals surface area (Å²) < 4.78 is 0. The SMILES string of the molecule is CN1CCC[C@@H]1CCNC(=O)Nc1cccc(-c2cnc[nH]2)c1. The van der Waals surface area contributed by atoms with Crippen LogP contribution in [0.25, 0.3) is 11.3 Å². The van der Waals surface area contributed by atoms with Gasteiger partial charge in [-0.2, -0.15) is 0 Å². The molecule has 3 rings (SSSR count). The van der Waals surface area contributed by atoms with Gasteiger partial charge in [-0.15, -0.1) is 0 Å². The lowest BCUT2D eigenvalue weighted by molar-refractivity contribution is 0.249. The topological polar surface area (TPSA) is 73.1 Å². The third-order valence-electron chi connectivity index (χ3n) is 4.36. The van der Waals surface area contributed by atoms with Crippen molar-refractivity contribution in [3.8, 4) is 11.3 Å². The Labute approximate surface area is 136 Å². The van der Waals surface area contributed by atoms with E-state index >= 15 is 0 Å². The Bertz CT molecular complexity index is 640. The normalized spacial score (nSPS) is 18.0. The van der Waals surface area contributed by atoms with Gasteiger partial charge in [0, 0.05) is 23.8 Å². The van der Waals surface area contributed by atoms with E-state index in [4.69, 9.17) is 0 Å². The van der Waals surface area contributed by atoms with Gasteiger partial charge < -0.3 is 20.5 Å². The zero-order valence-corrected chi connectivity index (χ0v) is 13.4. The zero-order valence-electron chi connectivity index (χ0n) is 13.4. The van der Waals surface area contributed by atoms with Gasteiger partial charge in [0.15, 0.2) is 0 Å². The van der Waals surface area contributed by atoms with Crippen LogP contribution in [-0.2, 0) is 0 Å². The van der Waals surface area contributed by atoms with Gasteiger partial charge in [-0.3, -0.25) is 0 Å². The monoisotopic (exact) mass is 313 g/mol. The molecule has 3 N–H and O–H groups in total. The summed E-state index contributed by atoms with van der Waals surface area (Å²) >= 11 is 0. The van der Waals surface area contributed by atoms with E-state index in [2.05, 4.69) is 32.5 Å². The van der Waals surface area contributed by atoms with Crippen LogP contribution in [0.5, 0.6) is 0 Å². The molecule has 1 atom stereocenters. The fourth-order valence-corrected chi connectivity index (χ4v) is 3.05. The van der Waals surface area contributed by atoms with Crippen molar-refractivity contribution in [2.24, 2.45) is 0 Å². The number of rotatable bonds is 5. The number of anilines is 1. The summed E-state index contributed by atoms with van der Waals surface area (Å²) in [5, 5.41) is 5.82. The smallest absolute Gasteiger partial charge is 0.319 e. The number of nitrogens with zero attached hydrogens (tertiary/aromatic N) is 2. The minimum Gasteiger partial charge on any atom is -0.345 e. The largest absolute Gasteiger partial charge is 0.345 e. The molecule has 6 nitrogen and oxygen atoms in total. The second-order valence-electron chi connectivity index (χ2n) is 5.99. The molecule has 0 aliphatic carbocycles. The van der Waals surface area contributed by atoms with Crippen LogP contribution in [0.2, 0.25) is 0 Å². The van der Waals surface area contributed by atoms with Gasteiger partial charge >= 0.3 is 6.03 Å². The van der Waals surface area contributed by atoms with E-state index in [1.165, 1.54) is 12.8 Å². The van der Waals surface area contributed by atoms with Crippen molar-refractivity contribution in [1.29, 1.82) is 0 Å². The lowest BCUT2D eigenvalue weighted by Gasteiger charge is -2.19. The van der Waals surface area contributed by atoms with E-state index in [1.54, 1.807) is 12.5 Å². The van der Waals surface area contributed by atoms with Crippen molar-refractivity contribution in [2.75, 3.05) is 25.5 Å². The highest BCUT2D eigenvalue weighted by molar-refractivity contribution is 5.89. The third-order valence-corrected chi connectivity index (χ3v) is 4.36. The van der Waals surface area contributed by atoms with E-state index in [-0.39, 0.29) is 6.03 Å². The number of hydrogen-bond acceptors (Lipinski definition) is 3. The van der Waals surface area contributed by atoms with E-state index in [0.29, 0.717) is 12.6 Å². The summed E-state index contributed by atoms with van der Waals surface area (Å²) in [6.45, 7) is 1.86. The Kier molecular flexibility index (Phi) is 4.92. The number of hydrogen-bond donors (Lipinski definition) is 3. The molecule has 6 heteroatoms. The maximum atomic E-state index is 12.0. The molecule has 0 unspecified atom stereocenters. The summed E-state index contributed by atoms with van der Waals surface area (Å²) in [7, 11) is 2.15. The second-order valence-corrected chi connectivity index (χ2v) is 5.99. The molecule has 2 amide bonds. The fraction of sp³-hybridized carbons (Fsp3) is 0.412. The first-order chi connectivity index (χ1) is 11.2. The first kappa shape index (κ1) is 15.6. The lowest BCUT2D eigenvalue weighted by Crippen LogP contribution is -2.34. The number of carbonyl (C=O) groups is 1. The molecule has 23 heavy (non-hydrogen) atoms. The first-order valence-corrected chi connectivity index (χ1v) is 8.06. The molecule has 122 valence electrons. The average molecular weight is 313 g/mol. The number of nitrogens with one attached hydrogen (secondary N) is 3. The molecular weight excluding hydrogens is 290 g/mol. The van der Waals surface area contributed by atoms with Crippen molar-refractivity contribution in [2.45, 2.75) is 25.3 Å². The van der Waals surface area contributed by atoms with E-state index in [0.717, 1.165) is 29.9 Å². The fourth-order valence-electron chi connectivity index (χ4n) is 3.05. The Morgan fingerprint density at radius 2 is 2.39 bits per heavy atom. The van der Waals surface area contributed by atoms with Crippen molar-refractivity contribution >= 4 is 11.7 Å². The van der Waals surface area contributed by atoms with Crippen molar-refractivity contribution in [1.82, 2.24) is 20.2 Å². The van der Waals surface area contributed by atoms with Gasteiger partial charge in [0.1, 0.15) is 0 Å². The van der Waals surface area contributed by atoms with Crippen LogP contribution in [0.1, 0.15) is 19.3 Å². The number of likely N-dealkylation sites (tertiary alicyclic amines) is 1. The van der Waals surface area contributed by atoms with Crippen LogP contribution >= 0.6 is 0 Å². The number of urea groups is 1. The minimum absolute atomic E-state index is 0.160. The highest BCUT2D eigenvalue weighted by atomic mass is 16.2. The maximum Gasteiger partial charge on any atom is 0.319 e. The Morgan fingerprint density at radius 1 is 1.48 bits per heavy atom. The van der Waals surface area contributed by atoms with Gasteiger partial charge in [-0.1, -0.05) is 12.1 Å². The minimum atomic E-state index is -0.160. The molecule has 1 aliphatic rings. The van der Waals surface area contributed by atoms with Crippen LogP contribution in [-0.4, -0.2) is 47.1 Å². The van der Waals surface area contributed by atoms with Crippen LogP contribution in [0.3, 0.4) is 0 Å². The molecule has 0 saturated carbocycles. The molecule has 1 saturated heterocycles. The van der Waals surface area contributed by atoms with Gasteiger partial charge in [-0.25, -0.2) is 9.78 Å². The highest BCUT2D eigenvalue weighted by Crippen LogP contribution is 2.20. The first-order valence-electron chi connectivity index (χ1n) is 8.06. The third kappa shape index (κ3) is 4.10. The summed E-state index contributed by atoms with van der Waals surface area (Å²) in [6, 6.07) is 8.14. The zero-order chi connectivity index (χ0) is 16.1. The summed E-state index contributed by atoms with van der Waals surface area (Å²) in [5.41, 5.74) is 2.69. The van der Waals surface area contributed by atoms with Crippen molar-refractivity contribution in [3.05, 3.63) is 36.8 Å².